The Balaban J connectivity index is 1.30. The summed E-state index contributed by atoms with van der Waals surface area (Å²) in [6.45, 7) is 8.14. The predicted molar refractivity (Wildman–Crippen MR) is 111 cm³/mol. The van der Waals surface area contributed by atoms with E-state index in [1.54, 1.807) is 12.4 Å². The van der Waals surface area contributed by atoms with Gasteiger partial charge in [0.2, 0.25) is 11.7 Å². The molecule has 3 heterocycles. The summed E-state index contributed by atoms with van der Waals surface area (Å²) in [5.74, 6) is 1.74. The van der Waals surface area contributed by atoms with E-state index >= 15 is 0 Å². The highest BCUT2D eigenvalue weighted by Crippen LogP contribution is 2.19. The Kier molecular flexibility index (Phi) is 6.13. The maximum Gasteiger partial charge on any atom is 0.274 e. The summed E-state index contributed by atoms with van der Waals surface area (Å²) in [5.41, 5.74) is 2.58. The van der Waals surface area contributed by atoms with Crippen LogP contribution >= 0.6 is 0 Å². The van der Waals surface area contributed by atoms with Crippen molar-refractivity contribution in [3.8, 4) is 11.4 Å². The van der Waals surface area contributed by atoms with Crippen LogP contribution in [-0.2, 0) is 13.0 Å². The molecule has 0 N–H and O–H groups in total. The van der Waals surface area contributed by atoms with Gasteiger partial charge in [-0.15, -0.1) is 0 Å². The first-order valence-corrected chi connectivity index (χ1v) is 10.3. The summed E-state index contributed by atoms with van der Waals surface area (Å²) in [7, 11) is 0. The number of piperazine rings is 1. The van der Waals surface area contributed by atoms with Crippen LogP contribution in [0.5, 0.6) is 0 Å². The standard InChI is InChI=1S/C22H26N6O2/c1-16(2)13-20-25-21(26-30-20)18-5-3-17(4-6-18)15-27-9-11-28(12-10-27)22(29)19-14-23-7-8-24-19/h3-8,14,16H,9-13,15H2,1-2H3. The monoisotopic (exact) mass is 406 g/mol. The van der Waals surface area contributed by atoms with E-state index in [0.717, 1.165) is 31.6 Å². The summed E-state index contributed by atoms with van der Waals surface area (Å²) < 4.78 is 5.33. The molecule has 0 saturated carbocycles. The molecule has 8 heteroatoms. The summed E-state index contributed by atoms with van der Waals surface area (Å²) in [5, 5.41) is 4.09. The fourth-order valence-corrected chi connectivity index (χ4v) is 3.50. The molecule has 1 amide bonds. The Morgan fingerprint density at radius 3 is 2.53 bits per heavy atom. The third-order valence-electron chi connectivity index (χ3n) is 5.11. The molecule has 1 aromatic carbocycles. The van der Waals surface area contributed by atoms with E-state index in [9.17, 15) is 4.79 Å². The lowest BCUT2D eigenvalue weighted by atomic mass is 10.1. The van der Waals surface area contributed by atoms with Gasteiger partial charge in [0.1, 0.15) is 5.69 Å². The lowest BCUT2D eigenvalue weighted by Crippen LogP contribution is -2.48. The third-order valence-corrected chi connectivity index (χ3v) is 5.11. The van der Waals surface area contributed by atoms with Crippen LogP contribution in [0.1, 0.15) is 35.8 Å². The van der Waals surface area contributed by atoms with Crippen molar-refractivity contribution in [1.82, 2.24) is 29.9 Å². The molecule has 1 aliphatic heterocycles. The van der Waals surface area contributed by atoms with Crippen LogP contribution in [0.15, 0.2) is 47.4 Å². The van der Waals surface area contributed by atoms with Crippen LogP contribution in [0, 0.1) is 5.92 Å². The number of nitrogens with zero attached hydrogens (tertiary/aromatic N) is 6. The maximum absolute atomic E-state index is 12.5. The van der Waals surface area contributed by atoms with Crippen LogP contribution in [0.4, 0.5) is 0 Å². The van der Waals surface area contributed by atoms with E-state index in [1.807, 2.05) is 17.0 Å². The Bertz CT molecular complexity index is 963. The Morgan fingerprint density at radius 2 is 1.87 bits per heavy atom. The van der Waals surface area contributed by atoms with Crippen LogP contribution in [0.25, 0.3) is 11.4 Å². The van der Waals surface area contributed by atoms with E-state index in [4.69, 9.17) is 4.52 Å². The minimum atomic E-state index is -0.0518. The van der Waals surface area contributed by atoms with Gasteiger partial charge in [0.05, 0.1) is 6.20 Å². The van der Waals surface area contributed by atoms with Gasteiger partial charge in [-0.25, -0.2) is 4.98 Å². The highest BCUT2D eigenvalue weighted by molar-refractivity contribution is 5.92. The van der Waals surface area contributed by atoms with Crippen molar-refractivity contribution in [3.05, 3.63) is 60.0 Å². The summed E-state index contributed by atoms with van der Waals surface area (Å²) in [6, 6.07) is 8.27. The molecule has 1 saturated heterocycles. The third kappa shape index (κ3) is 4.88. The number of hydrogen-bond donors (Lipinski definition) is 0. The van der Waals surface area contributed by atoms with Crippen LogP contribution in [0.2, 0.25) is 0 Å². The number of carbonyl (C=O) groups excluding carboxylic acids is 1. The van der Waals surface area contributed by atoms with Gasteiger partial charge in [0.25, 0.3) is 5.91 Å². The molecule has 156 valence electrons. The lowest BCUT2D eigenvalue weighted by molar-refractivity contribution is 0.0622. The fraction of sp³-hybridized carbons (Fsp3) is 0.409. The van der Waals surface area contributed by atoms with Crippen molar-refractivity contribution < 1.29 is 9.32 Å². The molecule has 8 nitrogen and oxygen atoms in total. The fourth-order valence-electron chi connectivity index (χ4n) is 3.50. The molecule has 30 heavy (non-hydrogen) atoms. The smallest absolute Gasteiger partial charge is 0.274 e. The molecule has 0 atom stereocenters. The molecule has 0 spiro atoms. The van der Waals surface area contributed by atoms with Crippen molar-refractivity contribution in [1.29, 1.82) is 0 Å². The average molecular weight is 406 g/mol. The van der Waals surface area contributed by atoms with E-state index < -0.39 is 0 Å². The first-order valence-electron chi connectivity index (χ1n) is 10.3. The Morgan fingerprint density at radius 1 is 1.10 bits per heavy atom. The summed E-state index contributed by atoms with van der Waals surface area (Å²) in [4.78, 5) is 29.2. The quantitative estimate of drug-likeness (QED) is 0.622. The molecule has 4 rings (SSSR count). The van der Waals surface area contributed by atoms with Gasteiger partial charge in [-0.3, -0.25) is 14.7 Å². The summed E-state index contributed by atoms with van der Waals surface area (Å²) in [6.07, 6.45) is 5.43. The number of aromatic nitrogens is 4. The van der Waals surface area contributed by atoms with Gasteiger partial charge >= 0.3 is 0 Å². The molecular weight excluding hydrogens is 380 g/mol. The largest absolute Gasteiger partial charge is 0.339 e. The highest BCUT2D eigenvalue weighted by Gasteiger charge is 2.23. The van der Waals surface area contributed by atoms with Crippen molar-refractivity contribution in [3.63, 3.8) is 0 Å². The second-order valence-corrected chi connectivity index (χ2v) is 7.97. The van der Waals surface area contributed by atoms with Gasteiger partial charge in [-0.2, -0.15) is 4.98 Å². The second-order valence-electron chi connectivity index (χ2n) is 7.97. The summed E-state index contributed by atoms with van der Waals surface area (Å²) >= 11 is 0. The number of rotatable bonds is 6. The second kappa shape index (κ2) is 9.13. The number of benzene rings is 1. The minimum absolute atomic E-state index is 0.0518. The van der Waals surface area contributed by atoms with Crippen LogP contribution in [0.3, 0.4) is 0 Å². The molecule has 0 aliphatic carbocycles. The van der Waals surface area contributed by atoms with Gasteiger partial charge in [0.15, 0.2) is 0 Å². The molecule has 3 aromatic rings. The van der Waals surface area contributed by atoms with E-state index in [1.165, 1.54) is 11.8 Å². The predicted octanol–water partition coefficient (Wildman–Crippen LogP) is 2.68. The topological polar surface area (TPSA) is 88.3 Å². The van der Waals surface area contributed by atoms with Crippen LogP contribution in [-0.4, -0.2) is 62.0 Å². The van der Waals surface area contributed by atoms with Crippen molar-refractivity contribution >= 4 is 5.91 Å². The minimum Gasteiger partial charge on any atom is -0.339 e. The van der Waals surface area contributed by atoms with Gasteiger partial charge in [0, 0.05) is 57.1 Å². The van der Waals surface area contributed by atoms with Crippen molar-refractivity contribution in [2.24, 2.45) is 5.92 Å². The zero-order valence-corrected chi connectivity index (χ0v) is 17.4. The maximum atomic E-state index is 12.5. The number of carbonyl (C=O) groups is 1. The molecule has 0 bridgehead atoms. The number of amides is 1. The highest BCUT2D eigenvalue weighted by atomic mass is 16.5. The first kappa shape index (κ1) is 20.2. The van der Waals surface area contributed by atoms with E-state index in [0.29, 0.717) is 36.4 Å². The van der Waals surface area contributed by atoms with Gasteiger partial charge in [-0.05, 0) is 11.5 Å². The molecule has 1 fully saturated rings. The Labute approximate surface area is 175 Å². The van der Waals surface area contributed by atoms with Crippen LogP contribution < -0.4 is 0 Å². The molecule has 0 radical (unpaired) electrons. The zero-order valence-electron chi connectivity index (χ0n) is 17.4. The number of hydrogen-bond acceptors (Lipinski definition) is 7. The first-order chi connectivity index (χ1) is 14.6. The van der Waals surface area contributed by atoms with Crippen molar-refractivity contribution in [2.75, 3.05) is 26.2 Å². The molecule has 1 aliphatic rings. The van der Waals surface area contributed by atoms with Crippen molar-refractivity contribution in [2.45, 2.75) is 26.8 Å². The molecular formula is C22H26N6O2. The molecule has 0 unspecified atom stereocenters. The van der Waals surface area contributed by atoms with Gasteiger partial charge < -0.3 is 9.42 Å². The average Bonchev–Trinajstić information content (AvgIpc) is 3.23. The normalized spacial score (nSPS) is 15.0. The SMILES string of the molecule is CC(C)Cc1nc(-c2ccc(CN3CCN(C(=O)c4cnccn4)CC3)cc2)no1. The Hall–Kier alpha value is -3.13. The zero-order chi connectivity index (χ0) is 20.9. The lowest BCUT2D eigenvalue weighted by Gasteiger charge is -2.34. The van der Waals surface area contributed by atoms with E-state index in [-0.39, 0.29) is 5.91 Å². The molecule has 2 aromatic heterocycles. The van der Waals surface area contributed by atoms with Gasteiger partial charge in [-0.1, -0.05) is 43.3 Å². The van der Waals surface area contributed by atoms with E-state index in [2.05, 4.69) is 51.0 Å².